The first kappa shape index (κ1) is 23.0. The Hall–Kier alpha value is -3.18. The van der Waals surface area contributed by atoms with Gasteiger partial charge in [0.2, 0.25) is 5.91 Å². The number of amides is 2. The van der Waals surface area contributed by atoms with E-state index >= 15 is 0 Å². The topological polar surface area (TPSA) is 62.3 Å². The van der Waals surface area contributed by atoms with Gasteiger partial charge in [0, 0.05) is 18.9 Å². The Labute approximate surface area is 199 Å². The summed E-state index contributed by atoms with van der Waals surface area (Å²) in [6, 6.07) is 20.1. The highest BCUT2D eigenvalue weighted by molar-refractivity contribution is 6.33. The zero-order valence-corrected chi connectivity index (χ0v) is 19.2. The number of carbonyl (C=O) groups is 2. The fourth-order valence-electron chi connectivity index (χ4n) is 4.45. The minimum absolute atomic E-state index is 0.0266. The van der Waals surface area contributed by atoms with Crippen LogP contribution < -0.4 is 5.32 Å². The van der Waals surface area contributed by atoms with Gasteiger partial charge >= 0.3 is 0 Å². The molecule has 2 aromatic carbocycles. The molecule has 2 atom stereocenters. The highest BCUT2D eigenvalue weighted by atomic mass is 35.5. The minimum atomic E-state index is -0.455. The molecule has 4 rings (SSSR count). The molecular weight excluding hydrogens is 434 g/mol. The van der Waals surface area contributed by atoms with Crippen LogP contribution in [0.4, 0.5) is 0 Å². The minimum Gasteiger partial charge on any atom is -0.345 e. The van der Waals surface area contributed by atoms with E-state index in [4.69, 9.17) is 11.6 Å². The number of pyridine rings is 1. The van der Waals surface area contributed by atoms with Gasteiger partial charge < -0.3 is 10.2 Å². The molecule has 3 aromatic rings. The Morgan fingerprint density at radius 1 is 0.970 bits per heavy atom. The molecule has 0 bridgehead atoms. The lowest BCUT2D eigenvalue weighted by Crippen LogP contribution is -2.38. The monoisotopic (exact) mass is 461 g/mol. The van der Waals surface area contributed by atoms with Crippen LogP contribution in [0.15, 0.2) is 79.1 Å². The highest BCUT2D eigenvalue weighted by Gasteiger charge is 2.29. The van der Waals surface area contributed by atoms with E-state index < -0.39 is 6.04 Å². The summed E-state index contributed by atoms with van der Waals surface area (Å²) < 4.78 is 0. The Morgan fingerprint density at radius 2 is 1.70 bits per heavy atom. The molecule has 33 heavy (non-hydrogen) atoms. The summed E-state index contributed by atoms with van der Waals surface area (Å²) in [6.45, 7) is 0.714. The molecule has 0 aliphatic carbocycles. The van der Waals surface area contributed by atoms with Crippen LogP contribution in [-0.4, -0.2) is 28.2 Å². The Kier molecular flexibility index (Phi) is 7.74. The molecule has 1 aliphatic rings. The van der Waals surface area contributed by atoms with E-state index in [1.165, 1.54) is 0 Å². The van der Waals surface area contributed by atoms with Gasteiger partial charge in [0.15, 0.2) is 0 Å². The van der Waals surface area contributed by atoms with Crippen LogP contribution >= 0.6 is 11.6 Å². The third-order valence-electron chi connectivity index (χ3n) is 6.17. The van der Waals surface area contributed by atoms with Crippen LogP contribution in [0.5, 0.6) is 0 Å². The summed E-state index contributed by atoms with van der Waals surface area (Å²) in [7, 11) is 0. The zero-order chi connectivity index (χ0) is 23.0. The predicted octanol–water partition coefficient (Wildman–Crippen LogP) is 5.74. The summed E-state index contributed by atoms with van der Waals surface area (Å²) in [6.07, 6.45) is 7.84. The fourth-order valence-corrected chi connectivity index (χ4v) is 4.67. The normalized spacial score (nSPS) is 17.1. The Bertz CT molecular complexity index is 1070. The molecule has 1 aromatic heterocycles. The molecule has 2 unspecified atom stereocenters. The fraction of sp³-hybridized carbons (Fsp3) is 0.296. The van der Waals surface area contributed by atoms with Gasteiger partial charge in [0.05, 0.1) is 29.1 Å². The maximum atomic E-state index is 13.6. The summed E-state index contributed by atoms with van der Waals surface area (Å²) in [5.74, 6) is -0.254. The van der Waals surface area contributed by atoms with Gasteiger partial charge in [-0.05, 0) is 48.2 Å². The second kappa shape index (κ2) is 11.1. The van der Waals surface area contributed by atoms with Gasteiger partial charge in [-0.2, -0.15) is 0 Å². The number of nitrogens with zero attached hydrogens (tertiary/aromatic N) is 2. The maximum absolute atomic E-state index is 13.6. The van der Waals surface area contributed by atoms with Crippen LogP contribution in [0.1, 0.15) is 65.7 Å². The quantitative estimate of drug-likeness (QED) is 0.509. The summed E-state index contributed by atoms with van der Waals surface area (Å²) in [5, 5.41) is 3.44. The third-order valence-corrected chi connectivity index (χ3v) is 6.50. The number of nitrogens with one attached hydrogen (secondary N) is 1. The van der Waals surface area contributed by atoms with Crippen LogP contribution in [0.3, 0.4) is 0 Å². The zero-order valence-electron chi connectivity index (χ0n) is 18.5. The van der Waals surface area contributed by atoms with Crippen LogP contribution in [-0.2, 0) is 4.79 Å². The van der Waals surface area contributed by atoms with Crippen molar-refractivity contribution in [2.24, 2.45) is 0 Å². The Balaban J connectivity index is 1.57. The van der Waals surface area contributed by atoms with Gasteiger partial charge in [-0.15, -0.1) is 0 Å². The van der Waals surface area contributed by atoms with Crippen molar-refractivity contribution >= 4 is 23.4 Å². The third kappa shape index (κ3) is 5.79. The first-order valence-corrected chi connectivity index (χ1v) is 11.8. The summed E-state index contributed by atoms with van der Waals surface area (Å²) >= 11 is 6.24. The summed E-state index contributed by atoms with van der Waals surface area (Å²) in [4.78, 5) is 32.8. The summed E-state index contributed by atoms with van der Waals surface area (Å²) in [5.41, 5.74) is 2.40. The van der Waals surface area contributed by atoms with E-state index in [0.29, 0.717) is 17.1 Å². The van der Waals surface area contributed by atoms with E-state index in [2.05, 4.69) is 10.3 Å². The molecule has 2 amide bonds. The van der Waals surface area contributed by atoms with Crippen molar-refractivity contribution < 1.29 is 9.59 Å². The van der Waals surface area contributed by atoms with Gasteiger partial charge in [0.25, 0.3) is 5.91 Å². The number of hydrogen-bond acceptors (Lipinski definition) is 3. The van der Waals surface area contributed by atoms with Crippen LogP contribution in [0, 0.1) is 0 Å². The van der Waals surface area contributed by atoms with Crippen molar-refractivity contribution in [1.29, 1.82) is 0 Å². The van der Waals surface area contributed by atoms with Crippen molar-refractivity contribution in [3.8, 4) is 0 Å². The van der Waals surface area contributed by atoms with Crippen molar-refractivity contribution in [3.05, 3.63) is 101 Å². The first-order valence-electron chi connectivity index (χ1n) is 11.4. The predicted molar refractivity (Wildman–Crippen MR) is 130 cm³/mol. The number of hydrogen-bond donors (Lipinski definition) is 1. The lowest BCUT2D eigenvalue weighted by Gasteiger charge is -2.32. The molecule has 1 aliphatic heterocycles. The SMILES string of the molecule is O=C(NC(CC(=O)N1CCCCCC1c1ccncc1)c1ccccc1)c1ccccc1Cl. The standard InChI is InChI=1S/C27H28ClN3O2/c28-23-12-7-6-11-22(23)27(33)30-24(20-9-3-1-4-10-20)19-26(32)31-18-8-2-5-13-25(31)21-14-16-29-17-15-21/h1,3-4,6-7,9-12,14-17,24-25H,2,5,8,13,18-19H2,(H,30,33). The van der Waals surface area contributed by atoms with Crippen molar-refractivity contribution in [1.82, 2.24) is 15.2 Å². The van der Waals surface area contributed by atoms with Crippen molar-refractivity contribution in [2.45, 2.75) is 44.2 Å². The number of likely N-dealkylation sites (tertiary alicyclic amines) is 1. The molecule has 0 spiro atoms. The molecule has 1 saturated heterocycles. The maximum Gasteiger partial charge on any atom is 0.253 e. The molecule has 1 fully saturated rings. The number of aromatic nitrogens is 1. The number of benzene rings is 2. The average Bonchev–Trinajstić information content (AvgIpc) is 3.11. The van der Waals surface area contributed by atoms with E-state index in [1.54, 1.807) is 36.7 Å². The lowest BCUT2D eigenvalue weighted by molar-refractivity contribution is -0.134. The molecule has 5 nitrogen and oxygen atoms in total. The lowest BCUT2D eigenvalue weighted by atomic mass is 9.99. The second-order valence-electron chi connectivity index (χ2n) is 8.35. The van der Waals surface area contributed by atoms with Crippen LogP contribution in [0.2, 0.25) is 5.02 Å². The largest absolute Gasteiger partial charge is 0.345 e. The average molecular weight is 462 g/mol. The number of carbonyl (C=O) groups excluding carboxylic acids is 2. The molecule has 0 radical (unpaired) electrons. The number of halogens is 1. The molecular formula is C27H28ClN3O2. The van der Waals surface area contributed by atoms with Crippen LogP contribution in [0.25, 0.3) is 0 Å². The van der Waals surface area contributed by atoms with Crippen molar-refractivity contribution in [2.75, 3.05) is 6.54 Å². The molecule has 170 valence electrons. The van der Waals surface area contributed by atoms with Crippen molar-refractivity contribution in [3.63, 3.8) is 0 Å². The van der Waals surface area contributed by atoms with Gasteiger partial charge in [-0.1, -0.05) is 66.9 Å². The smallest absolute Gasteiger partial charge is 0.253 e. The van der Waals surface area contributed by atoms with E-state index in [0.717, 1.165) is 36.8 Å². The van der Waals surface area contributed by atoms with Gasteiger partial charge in [-0.25, -0.2) is 0 Å². The van der Waals surface area contributed by atoms with Gasteiger partial charge in [-0.3, -0.25) is 14.6 Å². The van der Waals surface area contributed by atoms with E-state index in [-0.39, 0.29) is 24.3 Å². The first-order chi connectivity index (χ1) is 16.1. The highest BCUT2D eigenvalue weighted by Crippen LogP contribution is 2.32. The Morgan fingerprint density at radius 3 is 2.45 bits per heavy atom. The molecule has 2 heterocycles. The van der Waals surface area contributed by atoms with E-state index in [1.807, 2.05) is 47.4 Å². The second-order valence-corrected chi connectivity index (χ2v) is 8.76. The molecule has 1 N–H and O–H groups in total. The molecule has 0 saturated carbocycles. The van der Waals surface area contributed by atoms with E-state index in [9.17, 15) is 9.59 Å². The van der Waals surface area contributed by atoms with Gasteiger partial charge in [0.1, 0.15) is 0 Å². The molecule has 6 heteroatoms. The number of rotatable bonds is 6.